The van der Waals surface area contributed by atoms with E-state index in [2.05, 4.69) is 0 Å². The molecule has 0 radical (unpaired) electrons. The average molecular weight is 548 g/mol. The zero-order valence-electron chi connectivity index (χ0n) is 20.0. The molecule has 0 bridgehead atoms. The van der Waals surface area contributed by atoms with Gasteiger partial charge in [-0.25, -0.2) is 22.0 Å². The summed E-state index contributed by atoms with van der Waals surface area (Å²) in [5.74, 6) is -8.30. The molecule has 1 saturated carbocycles. The predicted octanol–water partition coefficient (Wildman–Crippen LogP) is 2.84. The zero-order valence-corrected chi connectivity index (χ0v) is 20.8. The van der Waals surface area contributed by atoms with Crippen LogP contribution < -0.4 is 4.72 Å². The number of carbonyl (C=O) groups excluding carboxylic acids is 1. The van der Waals surface area contributed by atoms with Crippen LogP contribution in [-0.2, 0) is 21.4 Å². The molecule has 1 aliphatic carbocycles. The van der Waals surface area contributed by atoms with E-state index in [-0.39, 0.29) is 24.0 Å². The number of aliphatic hydroxyl groups is 1. The van der Waals surface area contributed by atoms with Crippen LogP contribution in [0.4, 0.5) is 22.0 Å². The van der Waals surface area contributed by atoms with Gasteiger partial charge in [0.2, 0.25) is 0 Å². The minimum absolute atomic E-state index is 0.0530. The average Bonchev–Trinajstić information content (AvgIpc) is 3.04. The summed E-state index contributed by atoms with van der Waals surface area (Å²) in [6.45, 7) is -1.20. The van der Waals surface area contributed by atoms with Crippen LogP contribution in [0.5, 0.6) is 0 Å². The minimum Gasteiger partial charge on any atom is -0.380 e. The first-order valence-electron chi connectivity index (χ1n) is 11.5. The molecule has 2 aliphatic rings. The lowest BCUT2D eigenvalue weighted by Crippen LogP contribution is -2.58. The van der Waals surface area contributed by atoms with Gasteiger partial charge >= 0.3 is 0 Å². The third kappa shape index (κ3) is 4.97. The maximum Gasteiger partial charge on any atom is 0.283 e. The lowest BCUT2D eigenvalue weighted by Gasteiger charge is -2.40. The molecular formula is C24H26F5N3O4S. The van der Waals surface area contributed by atoms with Crippen LogP contribution in [0.15, 0.2) is 36.4 Å². The lowest BCUT2D eigenvalue weighted by molar-refractivity contribution is -0.162. The van der Waals surface area contributed by atoms with Crippen molar-refractivity contribution < 1.29 is 40.3 Å². The number of rotatable bonds is 7. The van der Waals surface area contributed by atoms with Gasteiger partial charge in [-0.3, -0.25) is 4.79 Å². The van der Waals surface area contributed by atoms with Gasteiger partial charge in [0.05, 0.1) is 12.6 Å². The SMILES string of the molecule is CN(C)S(=O)(=O)N[C@@H]1[C@H](Cc2cccc(-c3cccc(F)c3F)c2F)N(C(=O)C2(O)CCC2)CC1(F)F. The van der Waals surface area contributed by atoms with Gasteiger partial charge in [-0.05, 0) is 37.3 Å². The summed E-state index contributed by atoms with van der Waals surface area (Å²) in [5, 5.41) is 10.6. The van der Waals surface area contributed by atoms with Crippen molar-refractivity contribution in [2.75, 3.05) is 20.6 Å². The van der Waals surface area contributed by atoms with Crippen LogP contribution >= 0.6 is 0 Å². The summed E-state index contributed by atoms with van der Waals surface area (Å²) in [6, 6.07) is 3.18. The van der Waals surface area contributed by atoms with E-state index in [0.717, 1.165) is 26.2 Å². The summed E-state index contributed by atoms with van der Waals surface area (Å²) in [7, 11) is -2.16. The van der Waals surface area contributed by atoms with E-state index in [4.69, 9.17) is 0 Å². The highest BCUT2D eigenvalue weighted by atomic mass is 32.2. The van der Waals surface area contributed by atoms with Crippen molar-refractivity contribution in [1.82, 2.24) is 13.9 Å². The number of benzene rings is 2. The highest BCUT2D eigenvalue weighted by Crippen LogP contribution is 2.41. The Balaban J connectivity index is 1.77. The third-order valence-corrected chi connectivity index (χ3v) is 8.48. The Kier molecular flexibility index (Phi) is 7.12. The maximum atomic E-state index is 15.6. The van der Waals surface area contributed by atoms with Crippen molar-refractivity contribution in [1.29, 1.82) is 0 Å². The standard InChI is InChI=1S/C24H26F5N3O4S/c1-31(2)37(35,36)30-21-18(32(13-24(21,28)29)22(33)23(34)10-5-11-23)12-14-6-3-7-15(19(14)26)16-8-4-9-17(25)20(16)27/h3-4,6-9,18,21,30,34H,5,10-13H2,1-2H3/t18-,21+/m0/s1. The minimum atomic E-state index is -4.41. The lowest BCUT2D eigenvalue weighted by atomic mass is 9.79. The molecular weight excluding hydrogens is 521 g/mol. The molecule has 1 aliphatic heterocycles. The number of likely N-dealkylation sites (tertiary alicyclic amines) is 1. The van der Waals surface area contributed by atoms with E-state index in [1.54, 1.807) is 0 Å². The highest BCUT2D eigenvalue weighted by molar-refractivity contribution is 7.87. The Bertz CT molecular complexity index is 1320. The molecule has 0 aromatic heterocycles. The fraction of sp³-hybridized carbons (Fsp3) is 0.458. The Morgan fingerprint density at radius 2 is 1.68 bits per heavy atom. The number of carbonyl (C=O) groups is 1. The molecule has 0 spiro atoms. The molecule has 0 unspecified atom stereocenters. The molecule has 7 nitrogen and oxygen atoms in total. The van der Waals surface area contributed by atoms with Crippen molar-refractivity contribution in [3.63, 3.8) is 0 Å². The van der Waals surface area contributed by atoms with Crippen LogP contribution in [0.3, 0.4) is 0 Å². The Morgan fingerprint density at radius 3 is 2.24 bits per heavy atom. The van der Waals surface area contributed by atoms with Gasteiger partial charge in [0.1, 0.15) is 17.5 Å². The number of nitrogens with zero attached hydrogens (tertiary/aromatic N) is 2. The van der Waals surface area contributed by atoms with Crippen LogP contribution in [0.1, 0.15) is 24.8 Å². The molecule has 1 amide bonds. The van der Waals surface area contributed by atoms with E-state index >= 15 is 13.2 Å². The summed E-state index contributed by atoms with van der Waals surface area (Å²) in [4.78, 5) is 13.8. The molecule has 13 heteroatoms. The molecule has 2 aromatic rings. The monoisotopic (exact) mass is 547 g/mol. The molecule has 2 fully saturated rings. The first kappa shape index (κ1) is 27.4. The number of hydrogen-bond donors (Lipinski definition) is 2. The van der Waals surface area contributed by atoms with E-state index in [1.165, 1.54) is 24.3 Å². The summed E-state index contributed by atoms with van der Waals surface area (Å²) in [5.41, 5.74) is -2.82. The van der Waals surface area contributed by atoms with E-state index in [9.17, 15) is 27.1 Å². The van der Waals surface area contributed by atoms with Gasteiger partial charge in [0, 0.05) is 25.2 Å². The number of halogens is 5. The topological polar surface area (TPSA) is 90.0 Å². The molecule has 2 atom stereocenters. The normalized spacial score (nSPS) is 22.8. The van der Waals surface area contributed by atoms with Gasteiger partial charge in [0.15, 0.2) is 11.6 Å². The van der Waals surface area contributed by atoms with Crippen molar-refractivity contribution in [3.8, 4) is 11.1 Å². The van der Waals surface area contributed by atoms with Gasteiger partial charge in [-0.15, -0.1) is 0 Å². The number of amides is 1. The smallest absolute Gasteiger partial charge is 0.283 e. The Morgan fingerprint density at radius 1 is 1.08 bits per heavy atom. The number of alkyl halides is 2. The molecule has 37 heavy (non-hydrogen) atoms. The number of hydrogen-bond acceptors (Lipinski definition) is 4. The summed E-state index contributed by atoms with van der Waals surface area (Å²) >= 11 is 0. The molecule has 1 saturated heterocycles. The van der Waals surface area contributed by atoms with Crippen LogP contribution in [-0.4, -0.2) is 72.9 Å². The first-order valence-corrected chi connectivity index (χ1v) is 12.9. The third-order valence-electron chi connectivity index (χ3n) is 6.97. The van der Waals surface area contributed by atoms with E-state index in [0.29, 0.717) is 15.6 Å². The summed E-state index contributed by atoms with van der Waals surface area (Å²) < 4.78 is 102. The summed E-state index contributed by atoms with van der Waals surface area (Å²) in [6.07, 6.45) is 0.0210. The van der Waals surface area contributed by atoms with E-state index in [1.807, 2.05) is 4.72 Å². The zero-order chi connectivity index (χ0) is 27.3. The van der Waals surface area contributed by atoms with Crippen molar-refractivity contribution in [2.45, 2.75) is 49.3 Å². The van der Waals surface area contributed by atoms with Crippen LogP contribution in [0, 0.1) is 17.5 Å². The Hall–Kier alpha value is -2.61. The van der Waals surface area contributed by atoms with Crippen LogP contribution in [0.2, 0.25) is 0 Å². The van der Waals surface area contributed by atoms with Gasteiger partial charge in [0.25, 0.3) is 22.0 Å². The first-order chi connectivity index (χ1) is 17.2. The molecule has 2 N–H and O–H groups in total. The molecule has 2 aromatic carbocycles. The highest BCUT2D eigenvalue weighted by Gasteiger charge is 2.60. The van der Waals surface area contributed by atoms with Gasteiger partial charge < -0.3 is 10.0 Å². The molecule has 4 rings (SSSR count). The van der Waals surface area contributed by atoms with Crippen molar-refractivity contribution in [2.24, 2.45) is 0 Å². The van der Waals surface area contributed by atoms with E-state index < -0.39 is 75.7 Å². The predicted molar refractivity (Wildman–Crippen MR) is 124 cm³/mol. The molecule has 1 heterocycles. The second-order valence-corrected chi connectivity index (χ2v) is 11.5. The second kappa shape index (κ2) is 9.61. The van der Waals surface area contributed by atoms with Crippen molar-refractivity contribution in [3.05, 3.63) is 59.4 Å². The largest absolute Gasteiger partial charge is 0.380 e. The number of nitrogens with one attached hydrogen (secondary N) is 1. The Labute approximate surface area is 211 Å². The van der Waals surface area contributed by atoms with Gasteiger partial charge in [-0.1, -0.05) is 30.3 Å². The fourth-order valence-corrected chi connectivity index (χ4v) is 5.52. The molecule has 202 valence electrons. The quantitative estimate of drug-likeness (QED) is 0.522. The second-order valence-electron chi connectivity index (χ2n) is 9.61. The van der Waals surface area contributed by atoms with Crippen molar-refractivity contribution >= 4 is 16.1 Å². The maximum absolute atomic E-state index is 15.6. The van der Waals surface area contributed by atoms with Crippen LogP contribution in [0.25, 0.3) is 11.1 Å². The van der Waals surface area contributed by atoms with Gasteiger partial charge in [-0.2, -0.15) is 17.4 Å². The fourth-order valence-electron chi connectivity index (χ4n) is 4.66.